The molecule has 1 saturated heterocycles. The van der Waals surface area contributed by atoms with Crippen molar-refractivity contribution in [2.45, 2.75) is 5.37 Å². The Kier molecular flexibility index (Phi) is 4.17. The molecule has 112 valence electrons. The van der Waals surface area contributed by atoms with Crippen molar-refractivity contribution in [2.75, 3.05) is 10.7 Å². The van der Waals surface area contributed by atoms with Crippen LogP contribution in [0, 0.1) is 10.1 Å². The Balaban J connectivity index is 1.93. The van der Waals surface area contributed by atoms with Gasteiger partial charge in [-0.1, -0.05) is 15.9 Å². The molecule has 0 unspecified atom stereocenters. The third kappa shape index (κ3) is 2.86. The summed E-state index contributed by atoms with van der Waals surface area (Å²) >= 11 is 4.90. The van der Waals surface area contributed by atoms with Crippen LogP contribution in [0.5, 0.6) is 0 Å². The molecule has 1 aliphatic heterocycles. The number of non-ortho nitro benzene ring substituents is 1. The summed E-state index contributed by atoms with van der Waals surface area (Å²) in [6.07, 6.45) is 0. The molecule has 1 amide bonds. The molecule has 1 atom stereocenters. The third-order valence-electron chi connectivity index (χ3n) is 3.36. The smallest absolute Gasteiger partial charge is 0.269 e. The molecule has 0 N–H and O–H groups in total. The second-order valence-electron chi connectivity index (χ2n) is 4.75. The first kappa shape index (κ1) is 15.1. The number of hydrogen-bond acceptors (Lipinski definition) is 4. The molecule has 0 aromatic heterocycles. The van der Waals surface area contributed by atoms with Crippen LogP contribution in [0.1, 0.15) is 10.9 Å². The average Bonchev–Trinajstić information content (AvgIpc) is 2.90. The van der Waals surface area contributed by atoms with Gasteiger partial charge in [-0.2, -0.15) is 0 Å². The van der Waals surface area contributed by atoms with Crippen molar-refractivity contribution in [1.29, 1.82) is 0 Å². The first-order chi connectivity index (χ1) is 10.6. The number of amides is 1. The van der Waals surface area contributed by atoms with Gasteiger partial charge >= 0.3 is 0 Å². The van der Waals surface area contributed by atoms with Gasteiger partial charge in [0.15, 0.2) is 0 Å². The summed E-state index contributed by atoms with van der Waals surface area (Å²) in [4.78, 5) is 24.2. The summed E-state index contributed by atoms with van der Waals surface area (Å²) in [5.41, 5.74) is 1.75. The van der Waals surface area contributed by atoms with E-state index >= 15 is 0 Å². The lowest BCUT2D eigenvalue weighted by atomic mass is 10.1. The Morgan fingerprint density at radius 1 is 1.14 bits per heavy atom. The van der Waals surface area contributed by atoms with Crippen molar-refractivity contribution >= 4 is 45.0 Å². The molecule has 1 heterocycles. The molecule has 0 bridgehead atoms. The van der Waals surface area contributed by atoms with Crippen LogP contribution in [0.2, 0.25) is 0 Å². The van der Waals surface area contributed by atoms with E-state index in [1.807, 2.05) is 24.3 Å². The molecule has 2 aromatic rings. The van der Waals surface area contributed by atoms with Crippen molar-refractivity contribution in [3.05, 3.63) is 68.7 Å². The summed E-state index contributed by atoms with van der Waals surface area (Å²) < 4.78 is 0.947. The molecule has 1 fully saturated rings. The summed E-state index contributed by atoms with van der Waals surface area (Å²) in [5.74, 6) is 0.438. The molecule has 0 spiro atoms. The van der Waals surface area contributed by atoms with Crippen LogP contribution < -0.4 is 4.90 Å². The minimum atomic E-state index is -0.427. The number of carbonyl (C=O) groups excluding carboxylic acids is 1. The molecule has 2 aromatic carbocycles. The maximum Gasteiger partial charge on any atom is 0.269 e. The topological polar surface area (TPSA) is 63.4 Å². The second-order valence-corrected chi connectivity index (χ2v) is 6.74. The maximum atomic E-state index is 12.2. The van der Waals surface area contributed by atoms with Gasteiger partial charge in [0, 0.05) is 22.3 Å². The zero-order valence-electron chi connectivity index (χ0n) is 11.3. The van der Waals surface area contributed by atoms with Gasteiger partial charge in [-0.05, 0) is 42.0 Å². The lowest BCUT2D eigenvalue weighted by Crippen LogP contribution is -2.27. The zero-order chi connectivity index (χ0) is 15.7. The molecule has 0 aliphatic carbocycles. The normalized spacial score (nSPS) is 17.8. The highest BCUT2D eigenvalue weighted by molar-refractivity contribution is 9.10. The van der Waals surface area contributed by atoms with Crippen LogP contribution >= 0.6 is 27.7 Å². The average molecular weight is 379 g/mol. The summed E-state index contributed by atoms with van der Waals surface area (Å²) in [5, 5.41) is 10.6. The van der Waals surface area contributed by atoms with E-state index in [-0.39, 0.29) is 17.0 Å². The standard InChI is InChI=1S/C15H11BrN2O3S/c16-11-3-7-12(8-4-11)17-14(19)9-22-15(17)10-1-5-13(6-2-10)18(20)21/h1-8,15H,9H2/t15-/m0/s1. The van der Waals surface area contributed by atoms with Crippen LogP contribution in [0.15, 0.2) is 53.0 Å². The highest BCUT2D eigenvalue weighted by Crippen LogP contribution is 2.42. The van der Waals surface area contributed by atoms with Gasteiger partial charge in [-0.25, -0.2) is 0 Å². The first-order valence-corrected chi connectivity index (χ1v) is 8.34. The Hall–Kier alpha value is -1.86. The number of nitrogens with zero attached hydrogens (tertiary/aromatic N) is 2. The number of halogens is 1. The lowest BCUT2D eigenvalue weighted by Gasteiger charge is -2.24. The number of hydrogen-bond donors (Lipinski definition) is 0. The number of rotatable bonds is 3. The predicted octanol–water partition coefficient (Wildman–Crippen LogP) is 4.14. The van der Waals surface area contributed by atoms with Gasteiger partial charge in [0.05, 0.1) is 10.7 Å². The quantitative estimate of drug-likeness (QED) is 0.594. The fourth-order valence-corrected chi connectivity index (χ4v) is 3.75. The summed E-state index contributed by atoms with van der Waals surface area (Å²) in [6.45, 7) is 0. The van der Waals surface area contributed by atoms with Crippen LogP contribution in [0.4, 0.5) is 11.4 Å². The van der Waals surface area contributed by atoms with Crippen LogP contribution in [0.3, 0.4) is 0 Å². The highest BCUT2D eigenvalue weighted by Gasteiger charge is 2.34. The SMILES string of the molecule is O=C1CS[C@@H](c2ccc([N+](=O)[O-])cc2)N1c1ccc(Br)cc1. The Bertz CT molecular complexity index is 719. The molecular weight excluding hydrogens is 368 g/mol. The van der Waals surface area contributed by atoms with Crippen LogP contribution in [0.25, 0.3) is 0 Å². The van der Waals surface area contributed by atoms with Gasteiger partial charge in [0.25, 0.3) is 5.69 Å². The molecular formula is C15H11BrN2O3S. The molecule has 7 heteroatoms. The van der Waals surface area contributed by atoms with Gasteiger partial charge < -0.3 is 0 Å². The van der Waals surface area contributed by atoms with E-state index in [2.05, 4.69) is 15.9 Å². The first-order valence-electron chi connectivity index (χ1n) is 6.50. The minimum absolute atomic E-state index is 0.0377. The monoisotopic (exact) mass is 378 g/mol. The van der Waals surface area contributed by atoms with Crippen LogP contribution in [-0.2, 0) is 4.79 Å². The van der Waals surface area contributed by atoms with Gasteiger partial charge in [-0.15, -0.1) is 11.8 Å². The predicted molar refractivity (Wildman–Crippen MR) is 89.9 cm³/mol. The Morgan fingerprint density at radius 2 is 1.77 bits per heavy atom. The van der Waals surface area contributed by atoms with Gasteiger partial charge in [0.2, 0.25) is 5.91 Å². The minimum Gasteiger partial charge on any atom is -0.295 e. The van der Waals surface area contributed by atoms with Crippen LogP contribution in [-0.4, -0.2) is 16.6 Å². The molecule has 3 rings (SSSR count). The van der Waals surface area contributed by atoms with E-state index in [9.17, 15) is 14.9 Å². The number of carbonyl (C=O) groups is 1. The number of nitro benzene ring substituents is 1. The molecule has 0 saturated carbocycles. The number of thioether (sulfide) groups is 1. The fourth-order valence-electron chi connectivity index (χ4n) is 2.31. The maximum absolute atomic E-state index is 12.2. The Labute approximate surface area is 139 Å². The molecule has 1 aliphatic rings. The fraction of sp³-hybridized carbons (Fsp3) is 0.133. The lowest BCUT2D eigenvalue weighted by molar-refractivity contribution is -0.384. The van der Waals surface area contributed by atoms with E-state index in [4.69, 9.17) is 0 Å². The second kappa shape index (κ2) is 6.10. The largest absolute Gasteiger partial charge is 0.295 e. The summed E-state index contributed by atoms with van der Waals surface area (Å²) in [7, 11) is 0. The van der Waals surface area contributed by atoms with E-state index < -0.39 is 4.92 Å². The van der Waals surface area contributed by atoms with Crippen molar-refractivity contribution in [2.24, 2.45) is 0 Å². The van der Waals surface area contributed by atoms with E-state index in [0.717, 1.165) is 15.7 Å². The molecule has 5 nitrogen and oxygen atoms in total. The number of benzene rings is 2. The van der Waals surface area contributed by atoms with Gasteiger partial charge in [-0.3, -0.25) is 19.8 Å². The van der Waals surface area contributed by atoms with Crippen molar-refractivity contribution in [3.8, 4) is 0 Å². The van der Waals surface area contributed by atoms with E-state index in [0.29, 0.717) is 5.75 Å². The van der Waals surface area contributed by atoms with Gasteiger partial charge in [0.1, 0.15) is 5.37 Å². The Morgan fingerprint density at radius 3 is 2.36 bits per heavy atom. The van der Waals surface area contributed by atoms with E-state index in [1.165, 1.54) is 23.9 Å². The van der Waals surface area contributed by atoms with Crippen molar-refractivity contribution in [3.63, 3.8) is 0 Å². The third-order valence-corrected chi connectivity index (χ3v) is 5.10. The molecule has 0 radical (unpaired) electrons. The van der Waals surface area contributed by atoms with Crippen molar-refractivity contribution < 1.29 is 9.72 Å². The van der Waals surface area contributed by atoms with E-state index in [1.54, 1.807) is 17.0 Å². The highest BCUT2D eigenvalue weighted by atomic mass is 79.9. The zero-order valence-corrected chi connectivity index (χ0v) is 13.7. The number of anilines is 1. The summed E-state index contributed by atoms with van der Waals surface area (Å²) in [6, 6.07) is 13.9. The van der Waals surface area contributed by atoms with Crippen molar-refractivity contribution in [1.82, 2.24) is 0 Å². The molecule has 22 heavy (non-hydrogen) atoms. The number of nitro groups is 1.